The lowest BCUT2D eigenvalue weighted by molar-refractivity contribution is -0.115. The fraction of sp³-hybridized carbons (Fsp3) is 0.333. The van der Waals surface area contributed by atoms with Crippen molar-refractivity contribution in [2.45, 2.75) is 26.0 Å². The van der Waals surface area contributed by atoms with Gasteiger partial charge in [0.25, 0.3) is 0 Å². The van der Waals surface area contributed by atoms with Crippen LogP contribution in [-0.2, 0) is 9.59 Å². The van der Waals surface area contributed by atoms with Crippen LogP contribution < -0.4 is 20.1 Å². The van der Waals surface area contributed by atoms with Crippen molar-refractivity contribution in [1.29, 1.82) is 0 Å². The number of amides is 2. The molecule has 1 unspecified atom stereocenters. The topological polar surface area (TPSA) is 76.7 Å². The second-order valence-electron chi connectivity index (χ2n) is 5.91. The Hall–Kier alpha value is -2.67. The third-order valence-electron chi connectivity index (χ3n) is 3.72. The highest BCUT2D eigenvalue weighted by molar-refractivity contribution is 8.01. The van der Waals surface area contributed by atoms with Gasteiger partial charge < -0.3 is 20.1 Å². The zero-order valence-electron chi connectivity index (χ0n) is 16.4. The van der Waals surface area contributed by atoms with Crippen LogP contribution >= 0.6 is 11.8 Å². The van der Waals surface area contributed by atoms with E-state index in [2.05, 4.69) is 10.6 Å². The monoisotopic (exact) mass is 402 g/mol. The molecule has 0 saturated heterocycles. The Morgan fingerprint density at radius 3 is 1.79 bits per heavy atom. The van der Waals surface area contributed by atoms with E-state index in [0.717, 1.165) is 11.5 Å². The van der Waals surface area contributed by atoms with E-state index in [4.69, 9.17) is 9.47 Å². The summed E-state index contributed by atoms with van der Waals surface area (Å²) in [5, 5.41) is 5.29. The first-order chi connectivity index (χ1) is 13.5. The highest BCUT2D eigenvalue weighted by Crippen LogP contribution is 2.19. The first kappa shape index (κ1) is 21.6. The minimum absolute atomic E-state index is 0.150. The molecule has 2 aromatic carbocycles. The maximum Gasteiger partial charge on any atom is 0.237 e. The summed E-state index contributed by atoms with van der Waals surface area (Å²) in [5.74, 6) is 1.40. The van der Waals surface area contributed by atoms with Crippen molar-refractivity contribution in [3.63, 3.8) is 0 Å². The van der Waals surface area contributed by atoms with E-state index in [1.165, 1.54) is 11.8 Å². The third kappa shape index (κ3) is 7.15. The van der Waals surface area contributed by atoms with Gasteiger partial charge in [0.05, 0.1) is 24.2 Å². The quantitative estimate of drug-likeness (QED) is 0.623. The largest absolute Gasteiger partial charge is 0.494 e. The van der Waals surface area contributed by atoms with Gasteiger partial charge >= 0.3 is 0 Å². The van der Waals surface area contributed by atoms with Gasteiger partial charge in [-0.05, 0) is 69.3 Å². The molecule has 1 atom stereocenters. The van der Waals surface area contributed by atoms with Crippen molar-refractivity contribution in [2.75, 3.05) is 29.6 Å². The molecule has 0 bridgehead atoms. The number of nitrogens with one attached hydrogen (secondary N) is 2. The summed E-state index contributed by atoms with van der Waals surface area (Å²) < 4.78 is 10.7. The zero-order valence-corrected chi connectivity index (χ0v) is 17.2. The Kier molecular flexibility index (Phi) is 8.68. The summed E-state index contributed by atoms with van der Waals surface area (Å²) in [6.45, 7) is 6.80. The van der Waals surface area contributed by atoms with E-state index in [1.54, 1.807) is 55.5 Å². The molecule has 0 aliphatic rings. The molecule has 150 valence electrons. The molecule has 2 aromatic rings. The number of ether oxygens (including phenoxy) is 2. The number of rotatable bonds is 10. The molecule has 0 heterocycles. The Morgan fingerprint density at radius 1 is 0.857 bits per heavy atom. The molecule has 0 aliphatic heterocycles. The number of hydrogen-bond donors (Lipinski definition) is 2. The van der Waals surface area contributed by atoms with E-state index in [0.29, 0.717) is 24.6 Å². The van der Waals surface area contributed by atoms with Gasteiger partial charge in [-0.25, -0.2) is 0 Å². The van der Waals surface area contributed by atoms with E-state index in [1.807, 2.05) is 13.8 Å². The van der Waals surface area contributed by atoms with Crippen molar-refractivity contribution in [3.8, 4) is 11.5 Å². The van der Waals surface area contributed by atoms with Crippen LogP contribution in [0, 0.1) is 0 Å². The Morgan fingerprint density at radius 2 is 1.32 bits per heavy atom. The van der Waals surface area contributed by atoms with Crippen LogP contribution in [0.4, 0.5) is 11.4 Å². The van der Waals surface area contributed by atoms with Crippen LogP contribution in [0.15, 0.2) is 48.5 Å². The lowest BCUT2D eigenvalue weighted by Crippen LogP contribution is -2.25. The third-order valence-corrected chi connectivity index (χ3v) is 4.86. The Balaban J connectivity index is 1.76. The van der Waals surface area contributed by atoms with E-state index < -0.39 is 0 Å². The molecule has 2 amide bonds. The van der Waals surface area contributed by atoms with Crippen molar-refractivity contribution >= 4 is 35.0 Å². The molecule has 6 nitrogen and oxygen atoms in total. The summed E-state index contributed by atoms with van der Waals surface area (Å²) in [6.07, 6.45) is 0. The maximum atomic E-state index is 12.3. The van der Waals surface area contributed by atoms with Gasteiger partial charge in [-0.1, -0.05) is 0 Å². The van der Waals surface area contributed by atoms with Crippen LogP contribution in [0.5, 0.6) is 11.5 Å². The number of carbonyl (C=O) groups is 2. The number of thioether (sulfide) groups is 1. The summed E-state index contributed by atoms with van der Waals surface area (Å²) in [6, 6.07) is 14.4. The van der Waals surface area contributed by atoms with Crippen LogP contribution in [0.2, 0.25) is 0 Å². The summed E-state index contributed by atoms with van der Waals surface area (Å²) in [4.78, 5) is 24.4. The maximum absolute atomic E-state index is 12.3. The summed E-state index contributed by atoms with van der Waals surface area (Å²) in [7, 11) is 0. The normalized spacial score (nSPS) is 11.4. The molecule has 2 N–H and O–H groups in total. The second-order valence-corrected chi connectivity index (χ2v) is 7.23. The molecule has 0 saturated carbocycles. The van der Waals surface area contributed by atoms with E-state index in [9.17, 15) is 9.59 Å². The lowest BCUT2D eigenvalue weighted by Gasteiger charge is -2.13. The van der Waals surface area contributed by atoms with Crippen LogP contribution in [-0.4, -0.2) is 36.0 Å². The standard InChI is InChI=1S/C21H26N2O4S/c1-4-26-18-10-6-16(7-11-18)22-20(24)14-28-15(3)21(25)23-17-8-12-19(13-9-17)27-5-2/h6-13,15H,4-5,14H2,1-3H3,(H,22,24)(H,23,25). The molecule has 7 heteroatoms. The molecule has 28 heavy (non-hydrogen) atoms. The van der Waals surface area contributed by atoms with Crippen molar-refractivity contribution in [3.05, 3.63) is 48.5 Å². The fourth-order valence-corrected chi connectivity index (χ4v) is 3.00. The highest BCUT2D eigenvalue weighted by Gasteiger charge is 2.15. The van der Waals surface area contributed by atoms with Gasteiger partial charge in [0.2, 0.25) is 11.8 Å². The van der Waals surface area contributed by atoms with Gasteiger partial charge in [-0.2, -0.15) is 0 Å². The van der Waals surface area contributed by atoms with Gasteiger partial charge in [0.15, 0.2) is 0 Å². The van der Waals surface area contributed by atoms with Crippen LogP contribution in [0.1, 0.15) is 20.8 Å². The predicted molar refractivity (Wildman–Crippen MR) is 114 cm³/mol. The van der Waals surface area contributed by atoms with Gasteiger partial charge in [0.1, 0.15) is 11.5 Å². The molecule has 0 aliphatic carbocycles. The van der Waals surface area contributed by atoms with Crippen LogP contribution in [0.25, 0.3) is 0 Å². The first-order valence-electron chi connectivity index (χ1n) is 9.19. The molecule has 0 aromatic heterocycles. The minimum atomic E-state index is -0.363. The molecular weight excluding hydrogens is 376 g/mol. The van der Waals surface area contributed by atoms with Crippen molar-refractivity contribution < 1.29 is 19.1 Å². The number of hydrogen-bond acceptors (Lipinski definition) is 5. The summed E-state index contributed by atoms with van der Waals surface area (Å²) >= 11 is 1.28. The van der Waals surface area contributed by atoms with Crippen LogP contribution in [0.3, 0.4) is 0 Å². The average molecular weight is 403 g/mol. The number of anilines is 2. The highest BCUT2D eigenvalue weighted by atomic mass is 32.2. The minimum Gasteiger partial charge on any atom is -0.494 e. The van der Waals surface area contributed by atoms with Gasteiger partial charge in [-0.15, -0.1) is 11.8 Å². The molecule has 0 radical (unpaired) electrons. The lowest BCUT2D eigenvalue weighted by atomic mass is 10.3. The second kappa shape index (κ2) is 11.2. The zero-order chi connectivity index (χ0) is 20.4. The molecular formula is C21H26N2O4S. The van der Waals surface area contributed by atoms with Crippen molar-refractivity contribution in [1.82, 2.24) is 0 Å². The fourth-order valence-electron chi connectivity index (χ4n) is 2.32. The van der Waals surface area contributed by atoms with E-state index >= 15 is 0 Å². The number of carbonyl (C=O) groups excluding carboxylic acids is 2. The van der Waals surface area contributed by atoms with Gasteiger partial charge in [-0.3, -0.25) is 9.59 Å². The van der Waals surface area contributed by atoms with E-state index in [-0.39, 0.29) is 22.8 Å². The Labute approximate surface area is 170 Å². The summed E-state index contributed by atoms with van der Waals surface area (Å²) in [5.41, 5.74) is 1.39. The molecule has 0 spiro atoms. The Bertz CT molecular complexity index is 763. The smallest absolute Gasteiger partial charge is 0.237 e. The SMILES string of the molecule is CCOc1ccc(NC(=O)CSC(C)C(=O)Nc2ccc(OCC)cc2)cc1. The predicted octanol–water partition coefficient (Wildman–Crippen LogP) is 4.18. The van der Waals surface area contributed by atoms with Gasteiger partial charge in [0, 0.05) is 11.4 Å². The van der Waals surface area contributed by atoms with Crippen molar-refractivity contribution in [2.24, 2.45) is 0 Å². The number of benzene rings is 2. The first-order valence-corrected chi connectivity index (χ1v) is 10.2. The molecule has 2 rings (SSSR count). The average Bonchev–Trinajstić information content (AvgIpc) is 2.69. The molecule has 0 fully saturated rings.